The lowest BCUT2D eigenvalue weighted by Gasteiger charge is -2.25. The molecule has 2 rings (SSSR count). The lowest BCUT2D eigenvalue weighted by molar-refractivity contribution is -0.117. The molecular formula is C12H16FN3OS. The Labute approximate surface area is 110 Å². The number of hydrogen-bond donors (Lipinski definition) is 2. The minimum absolute atomic E-state index is 0.145. The second kappa shape index (κ2) is 6.06. The van der Waals surface area contributed by atoms with Gasteiger partial charge >= 0.3 is 0 Å². The maximum atomic E-state index is 13.4. The summed E-state index contributed by atoms with van der Waals surface area (Å²) in [6.07, 6.45) is 0. The molecule has 1 aliphatic rings. The summed E-state index contributed by atoms with van der Waals surface area (Å²) in [4.78, 5) is 13.8. The number of nitrogens with two attached hydrogens (primary N) is 1. The zero-order valence-electron chi connectivity index (χ0n) is 9.99. The van der Waals surface area contributed by atoms with Gasteiger partial charge in [0.05, 0.1) is 12.2 Å². The highest BCUT2D eigenvalue weighted by Gasteiger charge is 2.15. The van der Waals surface area contributed by atoms with Gasteiger partial charge in [0.25, 0.3) is 0 Å². The first-order valence-electron chi connectivity index (χ1n) is 5.80. The minimum atomic E-state index is -0.466. The number of anilines is 2. The molecule has 4 nitrogen and oxygen atoms in total. The molecule has 1 amide bonds. The summed E-state index contributed by atoms with van der Waals surface area (Å²) in [6, 6.07) is 4.15. The molecule has 0 radical (unpaired) electrons. The topological polar surface area (TPSA) is 58.4 Å². The summed E-state index contributed by atoms with van der Waals surface area (Å²) in [5, 5.41) is 2.56. The predicted molar refractivity (Wildman–Crippen MR) is 73.2 cm³/mol. The summed E-state index contributed by atoms with van der Waals surface area (Å²) >= 11 is 1.88. The van der Waals surface area contributed by atoms with Gasteiger partial charge in [-0.1, -0.05) is 0 Å². The zero-order valence-corrected chi connectivity index (χ0v) is 10.8. The van der Waals surface area contributed by atoms with Crippen molar-refractivity contribution in [2.75, 3.05) is 42.2 Å². The monoisotopic (exact) mass is 269 g/mol. The molecule has 1 saturated heterocycles. The molecule has 98 valence electrons. The standard InChI is InChI=1S/C12H16FN3OS/c13-10-2-1-9(14)7-11(10)15-12(17)8-16-3-5-18-6-4-16/h1-2,7H,3-6,8,14H2,(H,15,17). The van der Waals surface area contributed by atoms with Gasteiger partial charge in [0.1, 0.15) is 5.82 Å². The summed E-state index contributed by atoms with van der Waals surface area (Å²) in [6.45, 7) is 2.10. The van der Waals surface area contributed by atoms with Crippen molar-refractivity contribution in [1.82, 2.24) is 4.90 Å². The van der Waals surface area contributed by atoms with Crippen LogP contribution in [0.25, 0.3) is 0 Å². The first-order chi connectivity index (χ1) is 8.65. The third kappa shape index (κ3) is 3.61. The van der Waals surface area contributed by atoms with Gasteiger partial charge in [-0.2, -0.15) is 11.8 Å². The zero-order chi connectivity index (χ0) is 13.0. The quantitative estimate of drug-likeness (QED) is 0.814. The highest BCUT2D eigenvalue weighted by atomic mass is 32.2. The number of rotatable bonds is 3. The van der Waals surface area contributed by atoms with Crippen LogP contribution in [0.3, 0.4) is 0 Å². The molecular weight excluding hydrogens is 253 g/mol. The Balaban J connectivity index is 1.92. The number of carbonyl (C=O) groups is 1. The van der Waals surface area contributed by atoms with Crippen molar-refractivity contribution >= 4 is 29.0 Å². The van der Waals surface area contributed by atoms with Gasteiger partial charge in [-0.25, -0.2) is 4.39 Å². The van der Waals surface area contributed by atoms with Crippen molar-refractivity contribution in [1.29, 1.82) is 0 Å². The van der Waals surface area contributed by atoms with E-state index in [4.69, 9.17) is 5.73 Å². The van der Waals surface area contributed by atoms with Crippen LogP contribution in [0.1, 0.15) is 0 Å². The van der Waals surface area contributed by atoms with Crippen LogP contribution in [0.4, 0.5) is 15.8 Å². The molecule has 0 atom stereocenters. The Morgan fingerprint density at radius 1 is 1.44 bits per heavy atom. The maximum Gasteiger partial charge on any atom is 0.238 e. The van der Waals surface area contributed by atoms with E-state index in [0.717, 1.165) is 24.6 Å². The fourth-order valence-corrected chi connectivity index (χ4v) is 2.77. The van der Waals surface area contributed by atoms with Gasteiger partial charge in [-0.05, 0) is 18.2 Å². The number of nitrogens with zero attached hydrogens (tertiary/aromatic N) is 1. The lowest BCUT2D eigenvalue weighted by Crippen LogP contribution is -2.38. The molecule has 1 aromatic carbocycles. The van der Waals surface area contributed by atoms with E-state index in [-0.39, 0.29) is 11.6 Å². The van der Waals surface area contributed by atoms with Gasteiger partial charge < -0.3 is 11.1 Å². The molecule has 0 saturated carbocycles. The van der Waals surface area contributed by atoms with Crippen LogP contribution in [-0.2, 0) is 4.79 Å². The Hall–Kier alpha value is -1.27. The molecule has 0 aliphatic carbocycles. The largest absolute Gasteiger partial charge is 0.399 e. The van der Waals surface area contributed by atoms with Gasteiger partial charge in [0.15, 0.2) is 0 Å². The number of nitrogen functional groups attached to an aromatic ring is 1. The number of halogens is 1. The van der Waals surface area contributed by atoms with E-state index < -0.39 is 5.82 Å². The molecule has 1 aliphatic heterocycles. The molecule has 18 heavy (non-hydrogen) atoms. The van der Waals surface area contributed by atoms with Crippen molar-refractivity contribution < 1.29 is 9.18 Å². The Kier molecular flexibility index (Phi) is 4.43. The normalized spacial score (nSPS) is 16.5. The molecule has 0 unspecified atom stereocenters. The Morgan fingerprint density at radius 2 is 2.17 bits per heavy atom. The van der Waals surface area contributed by atoms with Crippen LogP contribution in [0.15, 0.2) is 18.2 Å². The lowest BCUT2D eigenvalue weighted by atomic mass is 10.2. The van der Waals surface area contributed by atoms with E-state index in [0.29, 0.717) is 12.2 Å². The first kappa shape index (κ1) is 13.2. The van der Waals surface area contributed by atoms with E-state index in [1.807, 2.05) is 11.8 Å². The fraction of sp³-hybridized carbons (Fsp3) is 0.417. The van der Waals surface area contributed by atoms with Crippen molar-refractivity contribution in [2.24, 2.45) is 0 Å². The highest BCUT2D eigenvalue weighted by molar-refractivity contribution is 7.99. The summed E-state index contributed by atoms with van der Waals surface area (Å²) in [5.74, 6) is 1.41. The summed E-state index contributed by atoms with van der Waals surface area (Å²) in [5.41, 5.74) is 6.13. The number of nitrogens with one attached hydrogen (secondary N) is 1. The van der Waals surface area contributed by atoms with Crippen LogP contribution >= 0.6 is 11.8 Å². The fourth-order valence-electron chi connectivity index (χ4n) is 1.79. The summed E-state index contributed by atoms with van der Waals surface area (Å²) < 4.78 is 13.4. The number of benzene rings is 1. The van der Waals surface area contributed by atoms with E-state index in [2.05, 4.69) is 10.2 Å². The van der Waals surface area contributed by atoms with Crippen LogP contribution < -0.4 is 11.1 Å². The molecule has 0 bridgehead atoms. The number of thioether (sulfide) groups is 1. The Bertz CT molecular complexity index is 435. The van der Waals surface area contributed by atoms with E-state index >= 15 is 0 Å². The van der Waals surface area contributed by atoms with Gasteiger partial charge in [-0.15, -0.1) is 0 Å². The summed E-state index contributed by atoms with van der Waals surface area (Å²) in [7, 11) is 0. The number of amides is 1. The van der Waals surface area contributed by atoms with Crippen molar-refractivity contribution in [3.8, 4) is 0 Å². The van der Waals surface area contributed by atoms with E-state index in [9.17, 15) is 9.18 Å². The van der Waals surface area contributed by atoms with E-state index in [1.165, 1.54) is 18.2 Å². The van der Waals surface area contributed by atoms with Gasteiger partial charge in [-0.3, -0.25) is 9.69 Å². The highest BCUT2D eigenvalue weighted by Crippen LogP contribution is 2.17. The van der Waals surface area contributed by atoms with Crippen molar-refractivity contribution in [2.45, 2.75) is 0 Å². The van der Waals surface area contributed by atoms with Crippen LogP contribution in [0.5, 0.6) is 0 Å². The molecule has 1 heterocycles. The second-order valence-corrected chi connectivity index (χ2v) is 5.40. The average Bonchev–Trinajstić information content (AvgIpc) is 2.35. The predicted octanol–water partition coefficient (Wildman–Crippen LogP) is 1.40. The number of carbonyl (C=O) groups excluding carboxylic acids is 1. The molecule has 1 fully saturated rings. The smallest absolute Gasteiger partial charge is 0.238 e. The molecule has 1 aromatic rings. The number of hydrogen-bond acceptors (Lipinski definition) is 4. The maximum absolute atomic E-state index is 13.4. The van der Waals surface area contributed by atoms with Gasteiger partial charge in [0.2, 0.25) is 5.91 Å². The SMILES string of the molecule is Nc1ccc(F)c(NC(=O)CN2CCSCC2)c1. The van der Waals surface area contributed by atoms with Crippen molar-refractivity contribution in [3.05, 3.63) is 24.0 Å². The van der Waals surface area contributed by atoms with Crippen LogP contribution in [0, 0.1) is 5.82 Å². The third-order valence-corrected chi connectivity index (χ3v) is 3.68. The average molecular weight is 269 g/mol. The third-order valence-electron chi connectivity index (χ3n) is 2.74. The minimum Gasteiger partial charge on any atom is -0.399 e. The first-order valence-corrected chi connectivity index (χ1v) is 6.95. The van der Waals surface area contributed by atoms with Crippen LogP contribution in [0.2, 0.25) is 0 Å². The van der Waals surface area contributed by atoms with E-state index in [1.54, 1.807) is 0 Å². The molecule has 3 N–H and O–H groups in total. The molecule has 6 heteroatoms. The molecule has 0 aromatic heterocycles. The Morgan fingerprint density at radius 3 is 2.89 bits per heavy atom. The van der Waals surface area contributed by atoms with Gasteiger partial charge in [0, 0.05) is 30.3 Å². The van der Waals surface area contributed by atoms with Crippen molar-refractivity contribution in [3.63, 3.8) is 0 Å². The molecule has 0 spiro atoms. The second-order valence-electron chi connectivity index (χ2n) is 4.18. The van der Waals surface area contributed by atoms with Crippen LogP contribution in [-0.4, -0.2) is 41.9 Å².